The largest absolute Gasteiger partial charge is 0.330 e. The van der Waals surface area contributed by atoms with Gasteiger partial charge in [0.15, 0.2) is 0 Å². The van der Waals surface area contributed by atoms with Crippen LogP contribution in [0.4, 0.5) is 0 Å². The van der Waals surface area contributed by atoms with Crippen LogP contribution in [0.3, 0.4) is 0 Å². The highest BCUT2D eigenvalue weighted by Crippen LogP contribution is 2.28. The van der Waals surface area contributed by atoms with Crippen molar-refractivity contribution < 1.29 is 0 Å². The van der Waals surface area contributed by atoms with Gasteiger partial charge in [-0.25, -0.2) is 4.98 Å². The topological polar surface area (TPSA) is 38.9 Å². The van der Waals surface area contributed by atoms with E-state index < -0.39 is 0 Å². The lowest BCUT2D eigenvalue weighted by Crippen LogP contribution is -2.22. The number of aromatic nitrogens is 1. The van der Waals surface area contributed by atoms with Crippen molar-refractivity contribution in [2.24, 2.45) is 11.7 Å². The number of nitrogens with two attached hydrogens (primary N) is 1. The minimum absolute atomic E-state index is 0.125. The Kier molecular flexibility index (Phi) is 4.29. The van der Waals surface area contributed by atoms with Crippen LogP contribution in [-0.2, 0) is 11.8 Å². The van der Waals surface area contributed by atoms with Gasteiger partial charge in [0.2, 0.25) is 0 Å². The van der Waals surface area contributed by atoms with Gasteiger partial charge in [0.25, 0.3) is 0 Å². The fourth-order valence-corrected chi connectivity index (χ4v) is 2.75. The summed E-state index contributed by atoms with van der Waals surface area (Å²) in [5.74, 6) is 0.682. The Labute approximate surface area is 96.9 Å². The van der Waals surface area contributed by atoms with Crippen LogP contribution in [0.15, 0.2) is 5.38 Å². The summed E-state index contributed by atoms with van der Waals surface area (Å²) in [6.07, 6.45) is 2.08. The van der Waals surface area contributed by atoms with Crippen molar-refractivity contribution in [1.29, 1.82) is 0 Å². The molecule has 0 fully saturated rings. The zero-order valence-corrected chi connectivity index (χ0v) is 11.0. The monoisotopic (exact) mass is 226 g/mol. The average Bonchev–Trinajstić information content (AvgIpc) is 2.51. The molecule has 0 spiro atoms. The Balaban J connectivity index is 2.74. The fourth-order valence-electron chi connectivity index (χ4n) is 1.55. The molecule has 0 saturated carbocycles. The van der Waals surface area contributed by atoms with E-state index >= 15 is 0 Å². The molecule has 0 saturated heterocycles. The molecular weight excluding hydrogens is 204 g/mol. The summed E-state index contributed by atoms with van der Waals surface area (Å²) in [5.41, 5.74) is 6.94. The third-order valence-electron chi connectivity index (χ3n) is 2.60. The van der Waals surface area contributed by atoms with Crippen LogP contribution in [0, 0.1) is 5.92 Å². The van der Waals surface area contributed by atoms with E-state index in [9.17, 15) is 0 Å². The lowest BCUT2D eigenvalue weighted by molar-refractivity contribution is 0.474. The number of hydrogen-bond acceptors (Lipinski definition) is 3. The maximum atomic E-state index is 5.62. The third-order valence-corrected chi connectivity index (χ3v) is 3.47. The lowest BCUT2D eigenvalue weighted by Gasteiger charge is -2.21. The average molecular weight is 226 g/mol. The SMILES string of the molecule is CC(C)Cc1nc(C(C)(C)CCN)cs1. The molecule has 0 aromatic carbocycles. The Bertz CT molecular complexity index is 302. The lowest BCUT2D eigenvalue weighted by atomic mass is 9.86. The molecule has 0 atom stereocenters. The van der Waals surface area contributed by atoms with Gasteiger partial charge in [-0.2, -0.15) is 0 Å². The summed E-state index contributed by atoms with van der Waals surface area (Å²) in [6.45, 7) is 9.62. The van der Waals surface area contributed by atoms with E-state index in [4.69, 9.17) is 10.7 Å². The Morgan fingerprint density at radius 3 is 2.67 bits per heavy atom. The van der Waals surface area contributed by atoms with Crippen molar-refractivity contribution in [1.82, 2.24) is 4.98 Å². The van der Waals surface area contributed by atoms with Gasteiger partial charge in [-0.05, 0) is 18.9 Å². The van der Waals surface area contributed by atoms with Crippen molar-refractivity contribution in [2.75, 3.05) is 6.54 Å². The highest BCUT2D eigenvalue weighted by Gasteiger charge is 2.22. The summed E-state index contributed by atoms with van der Waals surface area (Å²) in [4.78, 5) is 4.70. The zero-order chi connectivity index (χ0) is 11.5. The van der Waals surface area contributed by atoms with Gasteiger partial charge in [-0.1, -0.05) is 27.7 Å². The fraction of sp³-hybridized carbons (Fsp3) is 0.750. The van der Waals surface area contributed by atoms with Gasteiger partial charge in [0.1, 0.15) is 0 Å². The minimum atomic E-state index is 0.125. The summed E-state index contributed by atoms with van der Waals surface area (Å²) in [6, 6.07) is 0. The van der Waals surface area contributed by atoms with Crippen LogP contribution in [0.5, 0.6) is 0 Å². The molecule has 0 bridgehead atoms. The van der Waals surface area contributed by atoms with Gasteiger partial charge in [0.05, 0.1) is 10.7 Å². The molecule has 0 aliphatic carbocycles. The molecule has 1 aromatic rings. The smallest absolute Gasteiger partial charge is 0.0931 e. The van der Waals surface area contributed by atoms with E-state index in [0.717, 1.165) is 19.4 Å². The highest BCUT2D eigenvalue weighted by molar-refractivity contribution is 7.09. The second-order valence-corrected chi connectivity index (χ2v) is 6.09. The van der Waals surface area contributed by atoms with Gasteiger partial charge in [-0.15, -0.1) is 11.3 Å². The van der Waals surface area contributed by atoms with Crippen LogP contribution >= 0.6 is 11.3 Å². The van der Waals surface area contributed by atoms with Crippen molar-refractivity contribution in [3.8, 4) is 0 Å². The first-order valence-corrected chi connectivity index (χ1v) is 6.48. The first kappa shape index (κ1) is 12.7. The normalized spacial score (nSPS) is 12.4. The summed E-state index contributed by atoms with van der Waals surface area (Å²) < 4.78 is 0. The Morgan fingerprint density at radius 2 is 2.13 bits per heavy atom. The van der Waals surface area contributed by atoms with E-state index in [1.807, 2.05) is 0 Å². The van der Waals surface area contributed by atoms with E-state index in [0.29, 0.717) is 5.92 Å². The maximum Gasteiger partial charge on any atom is 0.0931 e. The molecular formula is C12H22N2S. The molecule has 0 aliphatic rings. The first-order chi connectivity index (χ1) is 6.95. The number of nitrogens with zero attached hydrogens (tertiary/aromatic N) is 1. The molecule has 0 aliphatic heterocycles. The molecule has 86 valence electrons. The standard InChI is InChI=1S/C12H22N2S/c1-9(2)7-11-14-10(8-15-11)12(3,4)5-6-13/h8-9H,5-7,13H2,1-4H3. The molecule has 3 heteroatoms. The molecule has 2 N–H and O–H groups in total. The predicted octanol–water partition coefficient (Wildman–Crippen LogP) is 2.97. The third kappa shape index (κ3) is 3.58. The number of thiazole rings is 1. The van der Waals surface area contributed by atoms with E-state index in [1.54, 1.807) is 11.3 Å². The van der Waals surface area contributed by atoms with Gasteiger partial charge < -0.3 is 5.73 Å². The highest BCUT2D eigenvalue weighted by atomic mass is 32.1. The van der Waals surface area contributed by atoms with Crippen LogP contribution < -0.4 is 5.73 Å². The number of hydrogen-bond donors (Lipinski definition) is 1. The summed E-state index contributed by atoms with van der Waals surface area (Å²) in [7, 11) is 0. The molecule has 2 nitrogen and oxygen atoms in total. The first-order valence-electron chi connectivity index (χ1n) is 5.60. The molecule has 0 amide bonds. The van der Waals surface area contributed by atoms with Crippen molar-refractivity contribution >= 4 is 11.3 Å². The van der Waals surface area contributed by atoms with Crippen molar-refractivity contribution in [3.05, 3.63) is 16.1 Å². The predicted molar refractivity (Wildman–Crippen MR) is 67.4 cm³/mol. The van der Waals surface area contributed by atoms with Crippen molar-refractivity contribution in [2.45, 2.75) is 46.0 Å². The summed E-state index contributed by atoms with van der Waals surface area (Å²) in [5, 5.41) is 3.44. The molecule has 15 heavy (non-hydrogen) atoms. The number of rotatable bonds is 5. The summed E-state index contributed by atoms with van der Waals surface area (Å²) >= 11 is 1.78. The van der Waals surface area contributed by atoms with Gasteiger partial charge >= 0.3 is 0 Å². The molecule has 1 rings (SSSR count). The Morgan fingerprint density at radius 1 is 1.47 bits per heavy atom. The van der Waals surface area contributed by atoms with Crippen LogP contribution in [0.25, 0.3) is 0 Å². The van der Waals surface area contributed by atoms with Crippen LogP contribution in [0.2, 0.25) is 0 Å². The van der Waals surface area contributed by atoms with Gasteiger partial charge in [-0.3, -0.25) is 0 Å². The quantitative estimate of drug-likeness (QED) is 0.838. The Hall–Kier alpha value is -0.410. The molecule has 1 heterocycles. The van der Waals surface area contributed by atoms with E-state index in [2.05, 4.69) is 33.1 Å². The minimum Gasteiger partial charge on any atom is -0.330 e. The molecule has 0 unspecified atom stereocenters. The van der Waals surface area contributed by atoms with Crippen LogP contribution in [-0.4, -0.2) is 11.5 Å². The van der Waals surface area contributed by atoms with Gasteiger partial charge in [0, 0.05) is 17.2 Å². The van der Waals surface area contributed by atoms with E-state index in [1.165, 1.54) is 10.7 Å². The van der Waals surface area contributed by atoms with Crippen LogP contribution in [0.1, 0.15) is 44.8 Å². The molecule has 1 aromatic heterocycles. The second-order valence-electron chi connectivity index (χ2n) is 5.15. The molecule has 0 radical (unpaired) electrons. The zero-order valence-electron chi connectivity index (χ0n) is 10.2. The van der Waals surface area contributed by atoms with E-state index in [-0.39, 0.29) is 5.41 Å². The second kappa shape index (κ2) is 5.08. The maximum absolute atomic E-state index is 5.62. The van der Waals surface area contributed by atoms with Crippen molar-refractivity contribution in [3.63, 3.8) is 0 Å².